The van der Waals surface area contributed by atoms with Crippen molar-refractivity contribution in [1.82, 2.24) is 23.9 Å². The molecule has 5 atom stereocenters. The number of aromatic amines is 1. The highest BCUT2D eigenvalue weighted by molar-refractivity contribution is 7.99. The minimum atomic E-state index is -2.07. The monoisotopic (exact) mass is 529 g/mol. The average Bonchev–Trinajstić information content (AvgIpc) is 3.67. The maximum atomic E-state index is 13.6. The summed E-state index contributed by atoms with van der Waals surface area (Å²) in [5.74, 6) is 0.369. The van der Waals surface area contributed by atoms with Crippen LogP contribution in [0.25, 0.3) is 28.2 Å². The number of rotatable bonds is 4. The van der Waals surface area contributed by atoms with Gasteiger partial charge in [-0.2, -0.15) is 4.98 Å². The van der Waals surface area contributed by atoms with Gasteiger partial charge in [0.2, 0.25) is 5.78 Å². The molecule has 1 unspecified atom stereocenters. The lowest BCUT2D eigenvalue weighted by molar-refractivity contribution is -0.0614. The van der Waals surface area contributed by atoms with Gasteiger partial charge in [0.15, 0.2) is 22.5 Å². The van der Waals surface area contributed by atoms with Gasteiger partial charge in [-0.1, -0.05) is 54.9 Å². The van der Waals surface area contributed by atoms with Crippen molar-refractivity contribution >= 4 is 37.3 Å². The molecule has 3 N–H and O–H groups in total. The highest BCUT2D eigenvalue weighted by atomic mass is 32.2. The van der Waals surface area contributed by atoms with Gasteiger partial charge in [0.05, 0.1) is 12.3 Å². The first-order chi connectivity index (χ1) is 17.6. The molecule has 4 aromatic rings. The summed E-state index contributed by atoms with van der Waals surface area (Å²) in [5.41, 5.74) is 1.92. The Labute approximate surface area is 210 Å². The molecule has 188 valence electrons. The number of fused-ring (bicyclic) bond motifs is 3. The SMILES string of the molecule is O=c1c2nc(SC3CCCC3)n([C@@H]3OC4CO[P@@](O)O[C@H]4[C@@H]3O)c2nc2[nH]c(-c3ccccc3)cn12. The van der Waals surface area contributed by atoms with E-state index in [4.69, 9.17) is 23.8 Å². The minimum absolute atomic E-state index is 0.107. The zero-order valence-electron chi connectivity index (χ0n) is 19.1. The molecule has 11 nitrogen and oxygen atoms in total. The Bertz CT molecular complexity index is 1490. The van der Waals surface area contributed by atoms with Crippen LogP contribution in [-0.4, -0.2) is 64.1 Å². The number of nitrogens with zero attached hydrogens (tertiary/aromatic N) is 4. The van der Waals surface area contributed by atoms with Crippen LogP contribution < -0.4 is 5.56 Å². The predicted octanol–water partition coefficient (Wildman–Crippen LogP) is 2.97. The van der Waals surface area contributed by atoms with Crippen LogP contribution in [0.5, 0.6) is 0 Å². The highest BCUT2D eigenvalue weighted by Gasteiger charge is 2.51. The first kappa shape index (κ1) is 22.9. The Hall–Kier alpha value is -2.31. The molecule has 1 aliphatic carbocycles. The van der Waals surface area contributed by atoms with Crippen molar-refractivity contribution in [2.24, 2.45) is 0 Å². The number of hydrogen-bond acceptors (Lipinski definition) is 9. The second-order valence-electron chi connectivity index (χ2n) is 9.26. The number of H-pyrrole nitrogens is 1. The Morgan fingerprint density at radius 3 is 2.78 bits per heavy atom. The molecule has 3 aromatic heterocycles. The van der Waals surface area contributed by atoms with Crippen LogP contribution in [0.3, 0.4) is 0 Å². The van der Waals surface area contributed by atoms with Gasteiger partial charge in [0, 0.05) is 11.4 Å². The molecule has 1 aromatic carbocycles. The largest absolute Gasteiger partial charge is 0.386 e. The number of aliphatic hydroxyl groups excluding tert-OH is 1. The zero-order valence-corrected chi connectivity index (χ0v) is 20.8. The molecular formula is C23H24N5O6PS. The summed E-state index contributed by atoms with van der Waals surface area (Å²) in [5, 5.41) is 12.1. The van der Waals surface area contributed by atoms with E-state index in [2.05, 4.69) is 4.98 Å². The van der Waals surface area contributed by atoms with Crippen molar-refractivity contribution in [2.45, 2.75) is 60.6 Å². The third-order valence-electron chi connectivity index (χ3n) is 7.00. The molecule has 0 radical (unpaired) electrons. The van der Waals surface area contributed by atoms with Crippen molar-refractivity contribution < 1.29 is 23.8 Å². The number of aromatic nitrogens is 5. The van der Waals surface area contributed by atoms with Crippen LogP contribution in [0, 0.1) is 0 Å². The van der Waals surface area contributed by atoms with E-state index in [1.807, 2.05) is 30.3 Å². The van der Waals surface area contributed by atoms with E-state index >= 15 is 0 Å². The van der Waals surface area contributed by atoms with Gasteiger partial charge in [-0.3, -0.25) is 9.36 Å². The summed E-state index contributed by atoms with van der Waals surface area (Å²) in [6.07, 6.45) is 2.87. The maximum absolute atomic E-state index is 13.6. The average molecular weight is 530 g/mol. The highest BCUT2D eigenvalue weighted by Crippen LogP contribution is 2.48. The number of thioether (sulfide) groups is 1. The van der Waals surface area contributed by atoms with Crippen molar-refractivity contribution in [2.75, 3.05) is 6.61 Å². The van der Waals surface area contributed by atoms with Gasteiger partial charge in [-0.05, 0) is 18.4 Å². The summed E-state index contributed by atoms with van der Waals surface area (Å²) in [6, 6.07) is 9.69. The van der Waals surface area contributed by atoms with E-state index in [-0.39, 0.29) is 17.7 Å². The van der Waals surface area contributed by atoms with E-state index in [1.54, 1.807) is 22.5 Å². The molecule has 5 heterocycles. The van der Waals surface area contributed by atoms with Crippen LogP contribution in [0.2, 0.25) is 0 Å². The van der Waals surface area contributed by atoms with Gasteiger partial charge in [-0.25, -0.2) is 9.38 Å². The van der Waals surface area contributed by atoms with Gasteiger partial charge < -0.3 is 28.8 Å². The fourth-order valence-corrected chi connectivity index (χ4v) is 7.33. The first-order valence-electron chi connectivity index (χ1n) is 11.9. The molecule has 2 saturated heterocycles. The molecule has 13 heteroatoms. The van der Waals surface area contributed by atoms with Gasteiger partial charge in [-0.15, -0.1) is 0 Å². The quantitative estimate of drug-likeness (QED) is 0.341. The van der Waals surface area contributed by atoms with Crippen molar-refractivity contribution in [3.8, 4) is 11.3 Å². The number of benzene rings is 1. The minimum Gasteiger partial charge on any atom is -0.386 e. The Morgan fingerprint density at radius 1 is 1.17 bits per heavy atom. The van der Waals surface area contributed by atoms with Crippen molar-refractivity contribution in [3.63, 3.8) is 0 Å². The summed E-state index contributed by atoms with van der Waals surface area (Å²) in [6.45, 7) is 0.107. The normalized spacial score (nSPS) is 28.9. The third-order valence-corrected chi connectivity index (χ3v) is 9.10. The predicted molar refractivity (Wildman–Crippen MR) is 133 cm³/mol. The standard InChI is InChI=1S/C23H24N5O6PS/c29-17-18-15(11-32-35(31)34-18)33-21(17)28-19-16(25-23(28)36-13-8-4-5-9-13)20(30)27-10-14(24-22(27)26-19)12-6-2-1-3-7-12/h1-3,6-7,10,13,15,17-18,21,29,31H,4-5,8-9,11H2,(H,24,26)/t15?,17-,18+,21+,35+/m0/s1. The maximum Gasteiger partial charge on any atom is 0.330 e. The topological polar surface area (TPSA) is 136 Å². The van der Waals surface area contributed by atoms with E-state index in [1.165, 1.54) is 4.40 Å². The zero-order chi connectivity index (χ0) is 24.4. The number of nitrogens with one attached hydrogen (secondary N) is 1. The number of imidazole rings is 2. The second-order valence-corrected chi connectivity index (χ2v) is 11.5. The van der Waals surface area contributed by atoms with E-state index in [0.717, 1.165) is 36.9 Å². The van der Waals surface area contributed by atoms with Crippen LogP contribution in [0.4, 0.5) is 0 Å². The lowest BCUT2D eigenvalue weighted by Gasteiger charge is -2.27. The smallest absolute Gasteiger partial charge is 0.330 e. The first-order valence-corrected chi connectivity index (χ1v) is 14.0. The van der Waals surface area contributed by atoms with Crippen LogP contribution in [0.1, 0.15) is 31.9 Å². The molecule has 3 aliphatic rings. The summed E-state index contributed by atoms with van der Waals surface area (Å²) in [4.78, 5) is 36.1. The summed E-state index contributed by atoms with van der Waals surface area (Å²) in [7, 11) is -2.07. The number of aliphatic hydroxyl groups is 1. The molecule has 3 fully saturated rings. The molecule has 7 rings (SSSR count). The molecule has 0 amide bonds. The van der Waals surface area contributed by atoms with Gasteiger partial charge in [0.1, 0.15) is 18.3 Å². The Balaban J connectivity index is 1.38. The molecule has 2 aliphatic heterocycles. The van der Waals surface area contributed by atoms with Crippen LogP contribution in [-0.2, 0) is 13.8 Å². The molecule has 36 heavy (non-hydrogen) atoms. The van der Waals surface area contributed by atoms with Crippen LogP contribution in [0.15, 0.2) is 46.5 Å². The lowest BCUT2D eigenvalue weighted by atomic mass is 10.1. The number of ether oxygens (including phenoxy) is 1. The van der Waals surface area contributed by atoms with E-state index in [9.17, 15) is 14.8 Å². The second kappa shape index (κ2) is 8.91. The fourth-order valence-electron chi connectivity index (χ4n) is 5.21. The van der Waals surface area contributed by atoms with Gasteiger partial charge in [0.25, 0.3) is 5.56 Å². The Morgan fingerprint density at radius 2 is 1.97 bits per heavy atom. The number of hydrogen-bond donors (Lipinski definition) is 3. The molecule has 0 bridgehead atoms. The van der Waals surface area contributed by atoms with E-state index in [0.29, 0.717) is 21.8 Å². The molecular weight excluding hydrogens is 505 g/mol. The molecule has 0 spiro atoms. The van der Waals surface area contributed by atoms with Crippen LogP contribution >= 0.6 is 20.4 Å². The summed E-state index contributed by atoms with van der Waals surface area (Å²) >= 11 is 1.59. The van der Waals surface area contributed by atoms with Crippen molar-refractivity contribution in [3.05, 3.63) is 46.9 Å². The fraction of sp³-hybridized carbons (Fsp3) is 0.435. The molecule has 1 saturated carbocycles. The lowest BCUT2D eigenvalue weighted by Crippen LogP contribution is -2.38. The van der Waals surface area contributed by atoms with E-state index < -0.39 is 33.1 Å². The van der Waals surface area contributed by atoms with Crippen molar-refractivity contribution in [1.29, 1.82) is 0 Å². The Kier molecular flexibility index (Phi) is 5.66. The third kappa shape index (κ3) is 3.71. The van der Waals surface area contributed by atoms with Gasteiger partial charge >= 0.3 is 8.60 Å². The summed E-state index contributed by atoms with van der Waals surface area (Å²) < 4.78 is 20.0.